The van der Waals surface area contributed by atoms with E-state index in [1.165, 1.54) is 12.1 Å². The van der Waals surface area contributed by atoms with Crippen LogP contribution < -0.4 is 10.2 Å². The Kier molecular flexibility index (Phi) is 5.41. The monoisotopic (exact) mass is 436 g/mol. The summed E-state index contributed by atoms with van der Waals surface area (Å²) in [5.41, 5.74) is 1.09. The molecule has 0 spiro atoms. The van der Waals surface area contributed by atoms with E-state index in [1.54, 1.807) is 41.0 Å². The van der Waals surface area contributed by atoms with Gasteiger partial charge >= 0.3 is 0 Å². The Bertz CT molecular complexity index is 1130. The third-order valence-corrected chi connectivity index (χ3v) is 6.31. The van der Waals surface area contributed by atoms with Crippen LogP contribution in [0.4, 0.5) is 17.1 Å². The minimum Gasteiger partial charge on any atom is -0.326 e. The molecule has 2 heterocycles. The van der Waals surface area contributed by atoms with Crippen molar-refractivity contribution in [3.63, 3.8) is 0 Å². The molecule has 9 heteroatoms. The van der Waals surface area contributed by atoms with E-state index < -0.39 is 10.6 Å². The predicted octanol–water partition coefficient (Wildman–Crippen LogP) is 3.62. The molecule has 1 atom stereocenters. The van der Waals surface area contributed by atoms with Crippen molar-refractivity contribution in [2.45, 2.75) is 45.2 Å². The summed E-state index contributed by atoms with van der Waals surface area (Å²) in [7, 11) is 0. The summed E-state index contributed by atoms with van der Waals surface area (Å²) >= 11 is 0. The van der Waals surface area contributed by atoms with Crippen LogP contribution in [0.1, 0.15) is 48.5 Å². The van der Waals surface area contributed by atoms with Crippen molar-refractivity contribution in [3.8, 4) is 0 Å². The van der Waals surface area contributed by atoms with E-state index in [1.807, 2.05) is 13.0 Å². The molecule has 3 amide bonds. The molecule has 0 aromatic heterocycles. The fourth-order valence-corrected chi connectivity index (χ4v) is 4.61. The summed E-state index contributed by atoms with van der Waals surface area (Å²) in [6.07, 6.45) is 1.43. The minimum atomic E-state index is -0.754. The number of hydrogen-bond donors (Lipinski definition) is 1. The summed E-state index contributed by atoms with van der Waals surface area (Å²) in [6.45, 7) is 3.79. The second-order valence-electron chi connectivity index (χ2n) is 8.28. The van der Waals surface area contributed by atoms with Crippen molar-refractivity contribution in [3.05, 3.63) is 63.7 Å². The fraction of sp³-hybridized carbons (Fsp3) is 0.348. The van der Waals surface area contributed by atoms with E-state index in [-0.39, 0.29) is 29.8 Å². The second-order valence-corrected chi connectivity index (χ2v) is 8.28. The van der Waals surface area contributed by atoms with Gasteiger partial charge in [-0.1, -0.05) is 18.2 Å². The molecule has 2 aromatic rings. The summed E-state index contributed by atoms with van der Waals surface area (Å²) < 4.78 is 0. The zero-order chi connectivity index (χ0) is 23.0. The average Bonchev–Trinajstić information content (AvgIpc) is 3.07. The number of nitrogens with one attached hydrogen (secondary N) is 1. The number of amides is 3. The predicted molar refractivity (Wildman–Crippen MR) is 118 cm³/mol. The van der Waals surface area contributed by atoms with Crippen molar-refractivity contribution in [2.24, 2.45) is 0 Å². The molecule has 32 heavy (non-hydrogen) atoms. The number of carbonyl (C=O) groups is 3. The molecule has 1 unspecified atom stereocenters. The third kappa shape index (κ3) is 3.49. The first kappa shape index (κ1) is 21.5. The van der Waals surface area contributed by atoms with Gasteiger partial charge in [-0.2, -0.15) is 0 Å². The van der Waals surface area contributed by atoms with Crippen LogP contribution in [0.5, 0.6) is 0 Å². The molecule has 1 N–H and O–H groups in total. The highest BCUT2D eigenvalue weighted by Crippen LogP contribution is 2.44. The standard InChI is InChI=1S/C23H24N4O5/c1-15-17(8-5-10-18(15)27(31)32)24-20(28)11-6-14-25-22(30)16-7-3-4-9-19(16)26-21(29)12-13-23(25,26)2/h3-5,7-10H,6,11-14H2,1-2H3,(H,24,28). The minimum absolute atomic E-state index is 0.0173. The SMILES string of the molecule is Cc1c(NC(=O)CCCN2C(=O)c3ccccc3N3C(=O)CCC23C)cccc1[N+](=O)[O-]. The third-order valence-electron chi connectivity index (χ3n) is 6.31. The van der Waals surface area contributed by atoms with Gasteiger partial charge in [-0.05, 0) is 44.9 Å². The van der Waals surface area contributed by atoms with Crippen LogP contribution in [0.3, 0.4) is 0 Å². The number of para-hydroxylation sites is 1. The van der Waals surface area contributed by atoms with Crippen LogP contribution in [-0.4, -0.2) is 39.8 Å². The highest BCUT2D eigenvalue weighted by molar-refractivity contribution is 6.10. The highest BCUT2D eigenvalue weighted by atomic mass is 16.6. The number of rotatable bonds is 6. The van der Waals surface area contributed by atoms with Crippen molar-refractivity contribution in [2.75, 3.05) is 16.8 Å². The Hall–Kier alpha value is -3.75. The fourth-order valence-electron chi connectivity index (χ4n) is 4.61. The lowest BCUT2D eigenvalue weighted by molar-refractivity contribution is -0.385. The Labute approximate surface area is 185 Å². The van der Waals surface area contributed by atoms with E-state index in [0.717, 1.165) is 0 Å². The van der Waals surface area contributed by atoms with E-state index in [9.17, 15) is 24.5 Å². The number of nitro groups is 1. The largest absolute Gasteiger partial charge is 0.326 e. The molecule has 1 saturated heterocycles. The Morgan fingerprint density at radius 2 is 1.94 bits per heavy atom. The van der Waals surface area contributed by atoms with Crippen LogP contribution in [0.15, 0.2) is 42.5 Å². The van der Waals surface area contributed by atoms with Gasteiger partial charge in [0.05, 0.1) is 27.4 Å². The van der Waals surface area contributed by atoms with E-state index in [0.29, 0.717) is 48.3 Å². The molecule has 0 bridgehead atoms. The maximum atomic E-state index is 13.2. The number of hydrogen-bond acceptors (Lipinski definition) is 5. The smallest absolute Gasteiger partial charge is 0.274 e. The first-order chi connectivity index (χ1) is 15.2. The molecular weight excluding hydrogens is 412 g/mol. The molecule has 1 fully saturated rings. The van der Waals surface area contributed by atoms with Crippen LogP contribution in [0.2, 0.25) is 0 Å². The van der Waals surface area contributed by atoms with Gasteiger partial charge in [0.25, 0.3) is 11.6 Å². The molecule has 0 saturated carbocycles. The molecular formula is C23H24N4O5. The number of nitro benzene ring substituents is 1. The van der Waals surface area contributed by atoms with Gasteiger partial charge < -0.3 is 10.2 Å². The van der Waals surface area contributed by atoms with Gasteiger partial charge in [0.1, 0.15) is 5.66 Å². The number of fused-ring (bicyclic) bond motifs is 3. The summed E-state index contributed by atoms with van der Waals surface area (Å²) in [5.74, 6) is -0.455. The lowest BCUT2D eigenvalue weighted by Crippen LogP contribution is -2.62. The molecule has 2 aromatic carbocycles. The summed E-state index contributed by atoms with van der Waals surface area (Å²) in [5, 5.41) is 13.8. The second kappa shape index (κ2) is 8.07. The number of benzene rings is 2. The van der Waals surface area contributed by atoms with Crippen LogP contribution in [-0.2, 0) is 9.59 Å². The van der Waals surface area contributed by atoms with Crippen LogP contribution in [0, 0.1) is 17.0 Å². The van der Waals surface area contributed by atoms with Crippen LogP contribution in [0.25, 0.3) is 0 Å². The topological polar surface area (TPSA) is 113 Å². The van der Waals surface area contributed by atoms with Crippen molar-refractivity contribution >= 4 is 34.8 Å². The number of anilines is 2. The first-order valence-corrected chi connectivity index (χ1v) is 10.5. The molecule has 4 rings (SSSR count). The highest BCUT2D eigenvalue weighted by Gasteiger charge is 2.52. The lowest BCUT2D eigenvalue weighted by Gasteiger charge is -2.48. The molecule has 0 aliphatic carbocycles. The molecule has 0 radical (unpaired) electrons. The van der Waals surface area contributed by atoms with Gasteiger partial charge in [0.2, 0.25) is 11.8 Å². The van der Waals surface area contributed by atoms with E-state index >= 15 is 0 Å². The van der Waals surface area contributed by atoms with Crippen LogP contribution >= 0.6 is 0 Å². The van der Waals surface area contributed by atoms with E-state index in [2.05, 4.69) is 5.32 Å². The average molecular weight is 436 g/mol. The maximum absolute atomic E-state index is 13.2. The zero-order valence-electron chi connectivity index (χ0n) is 18.0. The van der Waals surface area contributed by atoms with Crippen molar-refractivity contribution < 1.29 is 19.3 Å². The Morgan fingerprint density at radius 3 is 2.69 bits per heavy atom. The van der Waals surface area contributed by atoms with Gasteiger partial charge in [-0.3, -0.25) is 29.4 Å². The van der Waals surface area contributed by atoms with Gasteiger partial charge in [0, 0.05) is 25.5 Å². The summed E-state index contributed by atoms with van der Waals surface area (Å²) in [6, 6.07) is 11.6. The van der Waals surface area contributed by atoms with Gasteiger partial charge in [0.15, 0.2) is 0 Å². The first-order valence-electron chi connectivity index (χ1n) is 10.5. The normalized spacial score (nSPS) is 19.6. The molecule has 2 aliphatic rings. The zero-order valence-corrected chi connectivity index (χ0v) is 18.0. The number of nitrogens with zero attached hydrogens (tertiary/aromatic N) is 3. The van der Waals surface area contributed by atoms with Gasteiger partial charge in [-0.15, -0.1) is 0 Å². The molecule has 9 nitrogen and oxygen atoms in total. The van der Waals surface area contributed by atoms with E-state index in [4.69, 9.17) is 0 Å². The lowest BCUT2D eigenvalue weighted by atomic mass is 9.98. The quantitative estimate of drug-likeness (QED) is 0.549. The van der Waals surface area contributed by atoms with Crippen molar-refractivity contribution in [1.82, 2.24) is 4.90 Å². The Morgan fingerprint density at radius 1 is 1.19 bits per heavy atom. The molecule has 166 valence electrons. The molecule has 2 aliphatic heterocycles. The maximum Gasteiger partial charge on any atom is 0.274 e. The van der Waals surface area contributed by atoms with Crippen molar-refractivity contribution in [1.29, 1.82) is 0 Å². The Balaban J connectivity index is 1.46. The summed E-state index contributed by atoms with van der Waals surface area (Å²) in [4.78, 5) is 52.3. The number of carbonyl (C=O) groups excluding carboxylic acids is 3. The van der Waals surface area contributed by atoms with Gasteiger partial charge in [-0.25, -0.2) is 0 Å².